The van der Waals surface area contributed by atoms with E-state index in [2.05, 4.69) is 20.9 Å². The third-order valence-electron chi connectivity index (χ3n) is 2.58. The van der Waals surface area contributed by atoms with Gasteiger partial charge in [0.15, 0.2) is 5.03 Å². The second kappa shape index (κ2) is 4.94. The number of halogens is 7. The van der Waals surface area contributed by atoms with Gasteiger partial charge in [0.25, 0.3) is 0 Å². The van der Waals surface area contributed by atoms with Crippen molar-refractivity contribution in [1.29, 1.82) is 0 Å². The van der Waals surface area contributed by atoms with Crippen LogP contribution in [0, 0.1) is 5.82 Å². The molecule has 0 unspecified atom stereocenters. The molecule has 120 valence electrons. The maximum Gasteiger partial charge on any atom is 0.220 e. The van der Waals surface area contributed by atoms with Gasteiger partial charge in [-0.15, -0.1) is 15.5 Å². The Bertz CT molecular complexity index is 757. The van der Waals surface area contributed by atoms with E-state index in [1.165, 1.54) is 6.07 Å². The molecule has 0 bridgehead atoms. The average Bonchev–Trinajstić information content (AvgIpc) is 2.37. The molecule has 2 aromatic rings. The first-order valence-electron chi connectivity index (χ1n) is 5.67. The molecule has 1 heterocycles. The molecule has 1 nitrogen and oxygen atoms in total. The molecule has 2 rings (SSSR count). The Labute approximate surface area is 136 Å². The van der Waals surface area contributed by atoms with Gasteiger partial charge in [-0.3, -0.25) is 0 Å². The van der Waals surface area contributed by atoms with Crippen LogP contribution in [-0.4, -0.2) is 4.98 Å². The molecule has 0 aliphatic carbocycles. The fourth-order valence-corrected chi connectivity index (χ4v) is 3.78. The Morgan fingerprint density at radius 1 is 1.14 bits per heavy atom. The lowest BCUT2D eigenvalue weighted by molar-refractivity contribution is 0.459. The summed E-state index contributed by atoms with van der Waals surface area (Å²) in [6.07, 6.45) is 0.831. The highest BCUT2D eigenvalue weighted by Crippen LogP contribution is 3.01. The topological polar surface area (TPSA) is 12.9 Å². The Balaban J connectivity index is 2.60. The zero-order chi connectivity index (χ0) is 16.7. The largest absolute Gasteiger partial charge is 0.242 e. The van der Waals surface area contributed by atoms with Crippen LogP contribution in [-0.2, 0) is 0 Å². The summed E-state index contributed by atoms with van der Waals surface area (Å²) < 4.78 is 69.9. The van der Waals surface area contributed by atoms with E-state index < -0.39 is 31.1 Å². The molecule has 22 heavy (non-hydrogen) atoms. The van der Waals surface area contributed by atoms with Gasteiger partial charge in [0.1, 0.15) is 5.82 Å². The standard InChI is InChI=1S/C13H8BrClF5NS/c14-10-4-5-13(21-7-10)22(17,18,19,20)8-12(15)9-2-1-3-11(16)6-9/h1-8H/b12-8-. The fraction of sp³-hybridized carbons (Fsp3) is 0. The van der Waals surface area contributed by atoms with Gasteiger partial charge in [-0.05, 0) is 45.8 Å². The average molecular weight is 421 g/mol. The smallest absolute Gasteiger partial charge is 0.220 e. The first-order chi connectivity index (χ1) is 9.90. The van der Waals surface area contributed by atoms with Crippen molar-refractivity contribution in [2.75, 3.05) is 0 Å². The van der Waals surface area contributed by atoms with Crippen LogP contribution in [0.4, 0.5) is 19.9 Å². The van der Waals surface area contributed by atoms with Gasteiger partial charge in [0, 0.05) is 10.7 Å². The van der Waals surface area contributed by atoms with Crippen LogP contribution < -0.4 is 0 Å². The third kappa shape index (κ3) is 3.80. The summed E-state index contributed by atoms with van der Waals surface area (Å²) in [7, 11) is -8.84. The Morgan fingerprint density at radius 3 is 2.36 bits per heavy atom. The molecule has 1 aromatic carbocycles. The van der Waals surface area contributed by atoms with E-state index >= 15 is 0 Å². The van der Waals surface area contributed by atoms with Crippen LogP contribution in [0.5, 0.6) is 0 Å². The van der Waals surface area contributed by atoms with Gasteiger partial charge in [-0.2, -0.15) is 0 Å². The maximum atomic E-state index is 14.2. The number of pyridine rings is 1. The molecule has 0 saturated carbocycles. The second-order valence-electron chi connectivity index (χ2n) is 4.42. The van der Waals surface area contributed by atoms with Crippen molar-refractivity contribution in [2.24, 2.45) is 0 Å². The lowest BCUT2D eigenvalue weighted by atomic mass is 10.2. The molecule has 0 aliphatic rings. The summed E-state index contributed by atoms with van der Waals surface area (Å²) in [6.45, 7) is 0. The van der Waals surface area contributed by atoms with Gasteiger partial charge in [0.05, 0.1) is 10.4 Å². The summed E-state index contributed by atoms with van der Waals surface area (Å²) in [5.41, 5.74) is -0.283. The van der Waals surface area contributed by atoms with Crippen LogP contribution in [0.3, 0.4) is 0 Å². The zero-order valence-corrected chi connectivity index (χ0v) is 13.8. The molecule has 0 saturated heterocycles. The minimum Gasteiger partial charge on any atom is -0.242 e. The maximum absolute atomic E-state index is 14.2. The molecule has 0 N–H and O–H groups in total. The lowest BCUT2D eigenvalue weighted by Crippen LogP contribution is -2.12. The van der Waals surface area contributed by atoms with E-state index in [0.717, 1.165) is 30.5 Å². The van der Waals surface area contributed by atoms with Gasteiger partial charge in [0.2, 0.25) is 9.84 Å². The third-order valence-corrected chi connectivity index (χ3v) is 5.33. The van der Waals surface area contributed by atoms with Crippen molar-refractivity contribution < 1.29 is 19.9 Å². The number of hydrogen-bond donors (Lipinski definition) is 0. The van der Waals surface area contributed by atoms with Crippen LogP contribution in [0.15, 0.2) is 57.5 Å². The molecule has 0 atom stereocenters. The van der Waals surface area contributed by atoms with E-state index in [1.54, 1.807) is 0 Å². The summed E-state index contributed by atoms with van der Waals surface area (Å²) in [6, 6.07) is 5.66. The molecule has 0 aliphatic heterocycles. The minimum absolute atomic E-state index is 0.268. The van der Waals surface area contributed by atoms with E-state index in [-0.39, 0.29) is 10.0 Å². The van der Waals surface area contributed by atoms with Crippen molar-refractivity contribution >= 4 is 42.4 Å². The van der Waals surface area contributed by atoms with Crippen LogP contribution in [0.25, 0.3) is 5.03 Å². The molecule has 1 aromatic heterocycles. The number of rotatable bonds is 3. The molecular weight excluding hydrogens is 413 g/mol. The predicted octanol–water partition coefficient (Wildman–Crippen LogP) is 6.99. The summed E-state index contributed by atoms with van der Waals surface area (Å²) in [5, 5.41) is -3.26. The Morgan fingerprint density at radius 2 is 1.82 bits per heavy atom. The molecule has 0 radical (unpaired) electrons. The number of benzene rings is 1. The summed E-state index contributed by atoms with van der Waals surface area (Å²) in [4.78, 5) is 3.09. The number of hydrogen-bond acceptors (Lipinski definition) is 1. The molecule has 0 amide bonds. The van der Waals surface area contributed by atoms with Crippen molar-refractivity contribution in [1.82, 2.24) is 4.98 Å². The quantitative estimate of drug-likeness (QED) is 0.487. The van der Waals surface area contributed by atoms with Gasteiger partial charge in [-0.1, -0.05) is 23.7 Å². The zero-order valence-electron chi connectivity index (χ0n) is 10.6. The van der Waals surface area contributed by atoms with Crippen molar-refractivity contribution in [3.63, 3.8) is 0 Å². The van der Waals surface area contributed by atoms with E-state index in [0.29, 0.717) is 6.07 Å². The SMILES string of the molecule is Fc1cccc(/C(Cl)=C/S(F)(F)(F)(F)c2ccc(Br)cn2)c1. The summed E-state index contributed by atoms with van der Waals surface area (Å²) in [5.74, 6) is -0.783. The van der Waals surface area contributed by atoms with E-state index in [4.69, 9.17) is 11.6 Å². The highest BCUT2D eigenvalue weighted by Gasteiger charge is 2.64. The Hall–Kier alpha value is -1.12. The highest BCUT2D eigenvalue weighted by atomic mass is 79.9. The van der Waals surface area contributed by atoms with Crippen LogP contribution >= 0.6 is 37.4 Å². The van der Waals surface area contributed by atoms with Gasteiger partial charge >= 0.3 is 0 Å². The van der Waals surface area contributed by atoms with E-state index in [9.17, 15) is 19.9 Å². The molecule has 9 heteroatoms. The van der Waals surface area contributed by atoms with Crippen molar-refractivity contribution in [2.45, 2.75) is 5.03 Å². The molecule has 0 spiro atoms. The monoisotopic (exact) mass is 419 g/mol. The second-order valence-corrected chi connectivity index (χ2v) is 8.67. The van der Waals surface area contributed by atoms with Crippen molar-refractivity contribution in [3.05, 3.63) is 63.9 Å². The summed E-state index contributed by atoms with van der Waals surface area (Å²) >= 11 is 8.47. The highest BCUT2D eigenvalue weighted by molar-refractivity contribution is 9.10. The minimum atomic E-state index is -8.84. The predicted molar refractivity (Wildman–Crippen MR) is 82.5 cm³/mol. The first kappa shape index (κ1) is 17.2. The van der Waals surface area contributed by atoms with Gasteiger partial charge < -0.3 is 0 Å². The van der Waals surface area contributed by atoms with Gasteiger partial charge in [-0.25, -0.2) is 9.37 Å². The van der Waals surface area contributed by atoms with Crippen LogP contribution in [0.2, 0.25) is 0 Å². The number of aromatic nitrogens is 1. The lowest BCUT2D eigenvalue weighted by Gasteiger charge is -2.46. The number of nitrogens with zero attached hydrogens (tertiary/aromatic N) is 1. The normalized spacial score (nSPS) is 16.0. The van der Waals surface area contributed by atoms with E-state index in [1.807, 2.05) is 0 Å². The van der Waals surface area contributed by atoms with Crippen molar-refractivity contribution in [3.8, 4) is 0 Å². The molecular formula is C13H8BrClF5NS. The Kier molecular flexibility index (Phi) is 3.87. The molecule has 0 fully saturated rings. The first-order valence-corrected chi connectivity index (χ1v) is 8.95. The fourth-order valence-electron chi connectivity index (χ4n) is 1.59. The van der Waals surface area contributed by atoms with Crippen LogP contribution in [0.1, 0.15) is 5.56 Å².